The van der Waals surface area contributed by atoms with Crippen molar-refractivity contribution in [2.45, 2.75) is 39.0 Å². The SMILES string of the molecule is CC1CCCC/C(=N/Nc2nncc3ccccc23)C1. The monoisotopic (exact) mass is 268 g/mol. The molecule has 2 aromatic rings. The van der Waals surface area contributed by atoms with E-state index in [-0.39, 0.29) is 0 Å². The van der Waals surface area contributed by atoms with Crippen LogP contribution in [-0.4, -0.2) is 15.9 Å². The summed E-state index contributed by atoms with van der Waals surface area (Å²) in [7, 11) is 0. The van der Waals surface area contributed by atoms with Crippen LogP contribution in [0.25, 0.3) is 10.8 Å². The van der Waals surface area contributed by atoms with E-state index in [1.165, 1.54) is 25.0 Å². The number of nitrogens with zero attached hydrogens (tertiary/aromatic N) is 3. The van der Waals surface area contributed by atoms with E-state index < -0.39 is 0 Å². The van der Waals surface area contributed by atoms with E-state index >= 15 is 0 Å². The first-order chi connectivity index (χ1) is 9.83. The number of fused-ring (bicyclic) bond motifs is 1. The van der Waals surface area contributed by atoms with Gasteiger partial charge >= 0.3 is 0 Å². The first-order valence-corrected chi connectivity index (χ1v) is 7.35. The molecule has 0 saturated heterocycles. The molecule has 0 amide bonds. The van der Waals surface area contributed by atoms with Crippen LogP contribution in [0.4, 0.5) is 5.82 Å². The first kappa shape index (κ1) is 13.0. The van der Waals surface area contributed by atoms with E-state index in [9.17, 15) is 0 Å². The lowest BCUT2D eigenvalue weighted by molar-refractivity contribution is 0.540. The lowest BCUT2D eigenvalue weighted by atomic mass is 10.0. The summed E-state index contributed by atoms with van der Waals surface area (Å²) in [4.78, 5) is 0. The highest BCUT2D eigenvalue weighted by Gasteiger charge is 2.12. The van der Waals surface area contributed by atoms with Gasteiger partial charge in [-0.3, -0.25) is 5.43 Å². The number of rotatable bonds is 2. The van der Waals surface area contributed by atoms with Gasteiger partial charge in [-0.05, 0) is 25.2 Å². The van der Waals surface area contributed by atoms with Crippen LogP contribution in [0.3, 0.4) is 0 Å². The Balaban J connectivity index is 1.82. The van der Waals surface area contributed by atoms with Crippen molar-refractivity contribution in [3.8, 4) is 0 Å². The van der Waals surface area contributed by atoms with Crippen molar-refractivity contribution in [1.82, 2.24) is 10.2 Å². The molecule has 1 heterocycles. The van der Waals surface area contributed by atoms with Crippen LogP contribution in [0.15, 0.2) is 35.6 Å². The predicted octanol–water partition coefficient (Wildman–Crippen LogP) is 4.00. The molecule has 4 nitrogen and oxygen atoms in total. The topological polar surface area (TPSA) is 50.2 Å². The molecule has 1 N–H and O–H groups in total. The Kier molecular flexibility index (Phi) is 3.90. The summed E-state index contributed by atoms with van der Waals surface area (Å²) >= 11 is 0. The van der Waals surface area contributed by atoms with Crippen molar-refractivity contribution in [1.29, 1.82) is 0 Å². The van der Waals surface area contributed by atoms with E-state index in [0.717, 1.165) is 35.3 Å². The number of hydrogen-bond donors (Lipinski definition) is 1. The molecular weight excluding hydrogens is 248 g/mol. The first-order valence-electron chi connectivity index (χ1n) is 7.35. The minimum absolute atomic E-state index is 0.733. The number of hydrazone groups is 1. The fourth-order valence-electron chi connectivity index (χ4n) is 2.77. The standard InChI is InChI=1S/C16H20N4/c1-12-6-2-4-8-14(10-12)18-20-16-15-9-5-3-7-13(15)11-17-19-16/h3,5,7,9,11-12H,2,4,6,8,10H2,1H3,(H,19,20)/b18-14-. The minimum atomic E-state index is 0.733. The lowest BCUT2D eigenvalue weighted by Gasteiger charge is -2.08. The third-order valence-electron chi connectivity index (χ3n) is 3.89. The van der Waals surface area contributed by atoms with Crippen molar-refractivity contribution in [2.24, 2.45) is 11.0 Å². The van der Waals surface area contributed by atoms with Crippen LogP contribution in [0.1, 0.15) is 39.0 Å². The fourth-order valence-corrected chi connectivity index (χ4v) is 2.77. The van der Waals surface area contributed by atoms with Crippen molar-refractivity contribution in [3.05, 3.63) is 30.5 Å². The number of aromatic nitrogens is 2. The molecule has 4 heteroatoms. The van der Waals surface area contributed by atoms with Gasteiger partial charge in [0.15, 0.2) is 5.82 Å². The van der Waals surface area contributed by atoms with Crippen LogP contribution < -0.4 is 5.43 Å². The molecule has 1 aliphatic carbocycles. The van der Waals surface area contributed by atoms with Crippen LogP contribution in [0, 0.1) is 5.92 Å². The Morgan fingerprint density at radius 1 is 1.25 bits per heavy atom. The zero-order valence-electron chi connectivity index (χ0n) is 11.8. The Bertz CT molecular complexity index is 615. The van der Waals surface area contributed by atoms with Gasteiger partial charge < -0.3 is 0 Å². The van der Waals surface area contributed by atoms with Gasteiger partial charge in [0.05, 0.1) is 6.20 Å². The second kappa shape index (κ2) is 5.99. The largest absolute Gasteiger partial charge is 0.259 e. The third kappa shape index (κ3) is 2.95. The quantitative estimate of drug-likeness (QED) is 0.661. The second-order valence-corrected chi connectivity index (χ2v) is 5.63. The zero-order valence-corrected chi connectivity index (χ0v) is 11.8. The highest BCUT2D eigenvalue weighted by atomic mass is 15.3. The van der Waals surface area contributed by atoms with Gasteiger partial charge in [0.2, 0.25) is 0 Å². The molecule has 104 valence electrons. The van der Waals surface area contributed by atoms with E-state index in [1.807, 2.05) is 24.3 Å². The smallest absolute Gasteiger partial charge is 0.176 e. The Labute approximate surface area is 119 Å². The summed E-state index contributed by atoms with van der Waals surface area (Å²) in [6.45, 7) is 2.30. The number of benzene rings is 1. The second-order valence-electron chi connectivity index (χ2n) is 5.63. The summed E-state index contributed by atoms with van der Waals surface area (Å²) in [6, 6.07) is 8.10. The Hall–Kier alpha value is -1.97. The summed E-state index contributed by atoms with van der Waals surface area (Å²) in [6.07, 6.45) is 7.83. The molecule has 1 aromatic carbocycles. The van der Waals surface area contributed by atoms with Gasteiger partial charge in [0, 0.05) is 16.5 Å². The maximum Gasteiger partial charge on any atom is 0.176 e. The van der Waals surface area contributed by atoms with Gasteiger partial charge in [-0.15, -0.1) is 5.10 Å². The van der Waals surface area contributed by atoms with Gasteiger partial charge in [-0.2, -0.15) is 10.2 Å². The van der Waals surface area contributed by atoms with Crippen molar-refractivity contribution in [2.75, 3.05) is 5.43 Å². The molecule has 1 atom stereocenters. The van der Waals surface area contributed by atoms with E-state index in [0.29, 0.717) is 0 Å². The van der Waals surface area contributed by atoms with Crippen molar-refractivity contribution < 1.29 is 0 Å². The summed E-state index contributed by atoms with van der Waals surface area (Å²) in [5.74, 6) is 1.48. The molecule has 1 aromatic heterocycles. The van der Waals surface area contributed by atoms with Crippen LogP contribution in [0.2, 0.25) is 0 Å². The number of nitrogens with one attached hydrogen (secondary N) is 1. The lowest BCUT2D eigenvalue weighted by Crippen LogP contribution is -2.06. The number of hydrogen-bond acceptors (Lipinski definition) is 4. The highest BCUT2D eigenvalue weighted by Crippen LogP contribution is 2.22. The van der Waals surface area contributed by atoms with E-state index in [2.05, 4.69) is 27.6 Å². The average molecular weight is 268 g/mol. The molecule has 1 unspecified atom stereocenters. The maximum absolute atomic E-state index is 4.58. The van der Waals surface area contributed by atoms with Crippen molar-refractivity contribution >= 4 is 22.3 Å². The normalized spacial score (nSPS) is 21.9. The minimum Gasteiger partial charge on any atom is -0.259 e. The molecule has 1 fully saturated rings. The fraction of sp³-hybridized carbons (Fsp3) is 0.438. The Morgan fingerprint density at radius 2 is 2.15 bits per heavy atom. The van der Waals surface area contributed by atoms with E-state index in [4.69, 9.17) is 0 Å². The molecule has 1 saturated carbocycles. The molecule has 0 aliphatic heterocycles. The molecular formula is C16H20N4. The molecule has 1 aliphatic rings. The zero-order chi connectivity index (χ0) is 13.8. The van der Waals surface area contributed by atoms with Crippen LogP contribution in [0.5, 0.6) is 0 Å². The molecule has 20 heavy (non-hydrogen) atoms. The maximum atomic E-state index is 4.58. The van der Waals surface area contributed by atoms with Crippen molar-refractivity contribution in [3.63, 3.8) is 0 Å². The highest BCUT2D eigenvalue weighted by molar-refractivity contribution is 5.92. The van der Waals surface area contributed by atoms with Gasteiger partial charge in [0.1, 0.15) is 0 Å². The van der Waals surface area contributed by atoms with Gasteiger partial charge in [-0.1, -0.05) is 44.0 Å². The summed E-state index contributed by atoms with van der Waals surface area (Å²) < 4.78 is 0. The van der Waals surface area contributed by atoms with Gasteiger partial charge in [-0.25, -0.2) is 0 Å². The predicted molar refractivity (Wildman–Crippen MR) is 82.8 cm³/mol. The molecule has 0 spiro atoms. The Morgan fingerprint density at radius 3 is 3.10 bits per heavy atom. The average Bonchev–Trinajstić information content (AvgIpc) is 2.69. The summed E-state index contributed by atoms with van der Waals surface area (Å²) in [5.41, 5.74) is 4.37. The van der Waals surface area contributed by atoms with Crippen LogP contribution >= 0.6 is 0 Å². The molecule has 0 bridgehead atoms. The van der Waals surface area contributed by atoms with E-state index in [1.54, 1.807) is 6.20 Å². The molecule has 0 radical (unpaired) electrons. The third-order valence-corrected chi connectivity index (χ3v) is 3.89. The summed E-state index contributed by atoms with van der Waals surface area (Å²) in [5, 5.41) is 14.9. The van der Waals surface area contributed by atoms with Crippen LogP contribution in [-0.2, 0) is 0 Å². The molecule has 3 rings (SSSR count). The number of anilines is 1. The van der Waals surface area contributed by atoms with Gasteiger partial charge in [0.25, 0.3) is 0 Å².